The molecule has 0 saturated heterocycles. The number of allylic oxidation sites excluding steroid dienone is 1. The van der Waals surface area contributed by atoms with E-state index in [1.807, 2.05) is 60.7 Å². The van der Waals surface area contributed by atoms with Gasteiger partial charge in [-0.1, -0.05) is 61.5 Å². The van der Waals surface area contributed by atoms with E-state index in [4.69, 9.17) is 5.11 Å². The van der Waals surface area contributed by atoms with Gasteiger partial charge in [-0.25, -0.2) is 4.79 Å². The first-order valence-corrected chi connectivity index (χ1v) is 10.9. The maximum Gasteiger partial charge on any atom is 0.328 e. The number of carboxylic acid groups (broad SMARTS) is 2. The molecule has 0 saturated carbocycles. The number of fused-ring (bicyclic) bond motifs is 1. The molecule has 0 bridgehead atoms. The number of hydrogen-bond acceptors (Lipinski definition) is 3. The summed E-state index contributed by atoms with van der Waals surface area (Å²) in [5, 5.41) is 26.2. The Labute approximate surface area is 196 Å². The maximum absolute atomic E-state index is 11.3. The molecule has 6 nitrogen and oxygen atoms in total. The van der Waals surface area contributed by atoms with Crippen LogP contribution in [0.3, 0.4) is 0 Å². The van der Waals surface area contributed by atoms with Crippen molar-refractivity contribution in [1.29, 1.82) is 0 Å². The summed E-state index contributed by atoms with van der Waals surface area (Å²) >= 11 is 0. The quantitative estimate of drug-likeness (QED) is 0.237. The van der Waals surface area contributed by atoms with Gasteiger partial charge in [0.05, 0.1) is 18.1 Å². The minimum atomic E-state index is -0.993. The molecule has 0 spiro atoms. The Morgan fingerprint density at radius 1 is 0.941 bits per heavy atom. The first-order chi connectivity index (χ1) is 16.4. The molecule has 0 amide bonds. The third kappa shape index (κ3) is 5.13. The first-order valence-electron chi connectivity index (χ1n) is 10.9. The molecule has 3 N–H and O–H groups in total. The summed E-state index contributed by atoms with van der Waals surface area (Å²) in [4.78, 5) is 22.1. The molecule has 4 rings (SSSR count). The fourth-order valence-electron chi connectivity index (χ4n) is 4.11. The first kappa shape index (κ1) is 22.7. The van der Waals surface area contributed by atoms with Crippen molar-refractivity contribution < 1.29 is 19.8 Å². The lowest BCUT2D eigenvalue weighted by Gasteiger charge is -2.17. The molecule has 0 unspecified atom stereocenters. The van der Waals surface area contributed by atoms with Gasteiger partial charge >= 0.3 is 11.9 Å². The third-order valence-corrected chi connectivity index (χ3v) is 5.63. The number of hydrogen-bond donors (Lipinski definition) is 3. The minimum absolute atomic E-state index is 0.0360. The molecule has 1 heterocycles. The third-order valence-electron chi connectivity index (χ3n) is 5.63. The molecule has 170 valence electrons. The van der Waals surface area contributed by atoms with Gasteiger partial charge in [-0.05, 0) is 63.6 Å². The highest BCUT2D eigenvalue weighted by atomic mass is 16.4. The molecular weight excluding hydrogens is 428 g/mol. The zero-order valence-corrected chi connectivity index (χ0v) is 18.7. The minimum Gasteiger partial charge on any atom is -0.481 e. The van der Waals surface area contributed by atoms with Crippen molar-refractivity contribution in [1.82, 2.24) is 10.2 Å². The number of carboxylic acids is 2. The fourth-order valence-corrected chi connectivity index (χ4v) is 4.11. The molecule has 0 radical (unpaired) electrons. The molecule has 0 aliphatic rings. The molecule has 0 aliphatic carbocycles. The number of H-pyrrole nitrogens is 1. The van der Waals surface area contributed by atoms with Crippen LogP contribution in [0.5, 0.6) is 0 Å². The number of nitrogens with zero attached hydrogens (tertiary/aromatic N) is 1. The van der Waals surface area contributed by atoms with Crippen LogP contribution in [0.4, 0.5) is 0 Å². The molecule has 0 atom stereocenters. The van der Waals surface area contributed by atoms with Gasteiger partial charge < -0.3 is 10.2 Å². The predicted octanol–water partition coefficient (Wildman–Crippen LogP) is 5.66. The van der Waals surface area contributed by atoms with Gasteiger partial charge in [0.1, 0.15) is 0 Å². The standard InChI is InChI=1S/C28H24N2O4/c1-2-24(21-5-3-4-19(14-21)15-27(33)34)28(22-11-12-25-23(16-22)17-29-30-25)20-9-6-18(7-10-20)8-13-26(31)32/h3-14,16-17H,2,15H2,1H3,(H,29,30)(H,31,32)(H,33,34). The van der Waals surface area contributed by atoms with Gasteiger partial charge in [0.25, 0.3) is 0 Å². The normalized spacial score (nSPS) is 12.1. The van der Waals surface area contributed by atoms with E-state index in [1.54, 1.807) is 12.3 Å². The zero-order valence-electron chi connectivity index (χ0n) is 18.7. The van der Waals surface area contributed by atoms with Crippen LogP contribution >= 0.6 is 0 Å². The monoisotopic (exact) mass is 452 g/mol. The van der Waals surface area contributed by atoms with Crippen LogP contribution in [-0.2, 0) is 16.0 Å². The van der Waals surface area contributed by atoms with Gasteiger partial charge in [-0.15, -0.1) is 0 Å². The number of carbonyl (C=O) groups is 2. The van der Waals surface area contributed by atoms with E-state index in [2.05, 4.69) is 23.2 Å². The summed E-state index contributed by atoms with van der Waals surface area (Å²) in [5.74, 6) is -1.86. The summed E-state index contributed by atoms with van der Waals surface area (Å²) in [6, 6.07) is 21.5. The molecule has 34 heavy (non-hydrogen) atoms. The van der Waals surface area contributed by atoms with Gasteiger partial charge in [0.2, 0.25) is 0 Å². The SMILES string of the molecule is CCC(=C(c1ccc(C=CC(=O)O)cc1)c1ccc2[nH]ncc2c1)c1cccc(CC(=O)O)c1. The van der Waals surface area contributed by atoms with E-state index in [9.17, 15) is 14.7 Å². The highest BCUT2D eigenvalue weighted by molar-refractivity contribution is 6.00. The van der Waals surface area contributed by atoms with Gasteiger partial charge in [-0.2, -0.15) is 5.10 Å². The Bertz CT molecular complexity index is 1410. The molecule has 0 fully saturated rings. The van der Waals surface area contributed by atoms with Crippen molar-refractivity contribution in [2.45, 2.75) is 19.8 Å². The van der Waals surface area contributed by atoms with E-state index in [-0.39, 0.29) is 6.42 Å². The molecule has 1 aromatic heterocycles. The molecule has 3 aromatic carbocycles. The van der Waals surface area contributed by atoms with Crippen molar-refractivity contribution in [3.63, 3.8) is 0 Å². The lowest BCUT2D eigenvalue weighted by atomic mass is 9.87. The summed E-state index contributed by atoms with van der Waals surface area (Å²) in [5.41, 5.74) is 7.57. The number of aromatic nitrogens is 2. The van der Waals surface area contributed by atoms with Gasteiger partial charge in [-0.3, -0.25) is 9.89 Å². The summed E-state index contributed by atoms with van der Waals surface area (Å²) in [7, 11) is 0. The molecule has 4 aromatic rings. The lowest BCUT2D eigenvalue weighted by Crippen LogP contribution is -2.01. The number of aromatic amines is 1. The van der Waals surface area contributed by atoms with Crippen molar-refractivity contribution in [3.8, 4) is 0 Å². The Balaban J connectivity index is 1.90. The highest BCUT2D eigenvalue weighted by Gasteiger charge is 2.15. The number of aliphatic carboxylic acids is 2. The predicted molar refractivity (Wildman–Crippen MR) is 133 cm³/mol. The van der Waals surface area contributed by atoms with Gasteiger partial charge in [0.15, 0.2) is 0 Å². The van der Waals surface area contributed by atoms with E-state index < -0.39 is 11.9 Å². The van der Waals surface area contributed by atoms with Crippen LogP contribution in [0.15, 0.2) is 79.0 Å². The molecule has 0 aliphatic heterocycles. The van der Waals surface area contributed by atoms with E-state index in [0.717, 1.165) is 62.4 Å². The van der Waals surface area contributed by atoms with Crippen LogP contribution in [0.2, 0.25) is 0 Å². The largest absolute Gasteiger partial charge is 0.481 e. The van der Waals surface area contributed by atoms with Crippen molar-refractivity contribution in [2.24, 2.45) is 0 Å². The summed E-state index contributed by atoms with van der Waals surface area (Å²) in [6.45, 7) is 2.08. The zero-order chi connectivity index (χ0) is 24.1. The lowest BCUT2D eigenvalue weighted by molar-refractivity contribution is -0.136. The average Bonchev–Trinajstić information content (AvgIpc) is 3.29. The second-order valence-corrected chi connectivity index (χ2v) is 7.94. The van der Waals surface area contributed by atoms with Crippen molar-refractivity contribution >= 4 is 40.1 Å². The number of rotatable bonds is 8. The van der Waals surface area contributed by atoms with Crippen LogP contribution < -0.4 is 0 Å². The van der Waals surface area contributed by atoms with Crippen molar-refractivity contribution in [3.05, 3.63) is 107 Å². The van der Waals surface area contributed by atoms with Crippen LogP contribution in [0, 0.1) is 0 Å². The summed E-state index contributed by atoms with van der Waals surface area (Å²) in [6.07, 6.45) is 5.16. The van der Waals surface area contributed by atoms with E-state index in [0.29, 0.717) is 0 Å². The fraction of sp³-hybridized carbons (Fsp3) is 0.107. The molecule has 6 heteroatoms. The summed E-state index contributed by atoms with van der Waals surface area (Å²) < 4.78 is 0. The average molecular weight is 453 g/mol. The van der Waals surface area contributed by atoms with E-state index >= 15 is 0 Å². The Morgan fingerprint density at radius 2 is 1.71 bits per heavy atom. The Hall–Kier alpha value is -4.45. The molecular formula is C28H24N2O4. The maximum atomic E-state index is 11.3. The number of benzene rings is 3. The van der Waals surface area contributed by atoms with Crippen molar-refractivity contribution in [2.75, 3.05) is 0 Å². The highest BCUT2D eigenvalue weighted by Crippen LogP contribution is 2.36. The Morgan fingerprint density at radius 3 is 2.41 bits per heavy atom. The van der Waals surface area contributed by atoms with Crippen LogP contribution in [-0.4, -0.2) is 32.3 Å². The topological polar surface area (TPSA) is 103 Å². The van der Waals surface area contributed by atoms with Crippen LogP contribution in [0.1, 0.15) is 41.2 Å². The van der Waals surface area contributed by atoms with E-state index in [1.165, 1.54) is 0 Å². The Kier molecular flexibility index (Phi) is 6.69. The second kappa shape index (κ2) is 10.0. The van der Waals surface area contributed by atoms with Gasteiger partial charge in [0, 0.05) is 11.5 Å². The van der Waals surface area contributed by atoms with Crippen LogP contribution in [0.25, 0.3) is 28.1 Å². The smallest absolute Gasteiger partial charge is 0.328 e. The second-order valence-electron chi connectivity index (χ2n) is 7.94. The number of nitrogens with one attached hydrogen (secondary N) is 1.